The molecule has 3 rings (SSSR count). The molecule has 2 aromatic carbocycles. The molecule has 5 nitrogen and oxygen atoms in total. The van der Waals surface area contributed by atoms with E-state index in [2.05, 4.69) is 15.4 Å². The highest BCUT2D eigenvalue weighted by atomic mass is 32.2. The zero-order valence-corrected chi connectivity index (χ0v) is 15.3. The van der Waals surface area contributed by atoms with Crippen LogP contribution in [0.5, 0.6) is 0 Å². The van der Waals surface area contributed by atoms with Gasteiger partial charge in [-0.1, -0.05) is 19.1 Å². The van der Waals surface area contributed by atoms with Crippen molar-refractivity contribution in [3.63, 3.8) is 0 Å². The fraction of sp³-hybridized carbons (Fsp3) is 0.211. The summed E-state index contributed by atoms with van der Waals surface area (Å²) >= 11 is 1.53. The molecule has 0 saturated carbocycles. The minimum atomic E-state index is -0.262. The number of rotatable bonds is 6. The van der Waals surface area contributed by atoms with Crippen molar-refractivity contribution >= 4 is 23.4 Å². The first-order chi connectivity index (χ1) is 12.5. The Hall–Kier alpha value is -2.67. The van der Waals surface area contributed by atoms with Crippen molar-refractivity contribution < 1.29 is 9.18 Å². The number of hydrogen-bond donors (Lipinski definition) is 1. The summed E-state index contributed by atoms with van der Waals surface area (Å²) in [6.45, 7) is 1.87. The highest BCUT2D eigenvalue weighted by molar-refractivity contribution is 7.99. The van der Waals surface area contributed by atoms with Gasteiger partial charge < -0.3 is 5.32 Å². The van der Waals surface area contributed by atoms with Gasteiger partial charge in [-0.15, -0.1) is 11.8 Å². The Morgan fingerprint density at radius 2 is 2.04 bits per heavy atom. The van der Waals surface area contributed by atoms with E-state index in [0.717, 1.165) is 10.5 Å². The van der Waals surface area contributed by atoms with Crippen molar-refractivity contribution in [2.75, 3.05) is 11.1 Å². The predicted octanol–water partition coefficient (Wildman–Crippen LogP) is 3.99. The second kappa shape index (κ2) is 8.14. The van der Waals surface area contributed by atoms with Crippen LogP contribution in [-0.4, -0.2) is 26.4 Å². The minimum Gasteiger partial charge on any atom is -0.326 e. The lowest BCUT2D eigenvalue weighted by molar-refractivity contribution is -0.118. The average molecular weight is 370 g/mol. The number of carbonyl (C=O) groups is 1. The summed E-state index contributed by atoms with van der Waals surface area (Å²) in [5.41, 5.74) is 1.55. The number of carbonyl (C=O) groups excluding carboxylic acids is 1. The Morgan fingerprint density at radius 1 is 1.27 bits per heavy atom. The molecule has 0 saturated heterocycles. The SMILES string of the molecule is CC(CSc1ccc(F)cc1)C(=O)Nc1cccc(-c2ncn(C)n2)c1. The van der Waals surface area contributed by atoms with Crippen molar-refractivity contribution in [2.45, 2.75) is 11.8 Å². The smallest absolute Gasteiger partial charge is 0.228 e. The van der Waals surface area contributed by atoms with Crippen LogP contribution < -0.4 is 5.32 Å². The van der Waals surface area contributed by atoms with Crippen LogP contribution in [0.2, 0.25) is 0 Å². The third-order valence-electron chi connectivity index (χ3n) is 3.75. The lowest BCUT2D eigenvalue weighted by Gasteiger charge is -2.12. The minimum absolute atomic E-state index is 0.0641. The van der Waals surface area contributed by atoms with Crippen molar-refractivity contribution in [1.29, 1.82) is 0 Å². The molecule has 0 radical (unpaired) electrons. The molecule has 0 bridgehead atoms. The molecule has 3 aromatic rings. The van der Waals surface area contributed by atoms with Gasteiger partial charge in [0.25, 0.3) is 0 Å². The summed E-state index contributed by atoms with van der Waals surface area (Å²) in [6.07, 6.45) is 1.63. The maximum atomic E-state index is 12.9. The molecular weight excluding hydrogens is 351 g/mol. The lowest BCUT2D eigenvalue weighted by Crippen LogP contribution is -2.22. The number of nitrogens with one attached hydrogen (secondary N) is 1. The maximum Gasteiger partial charge on any atom is 0.228 e. The van der Waals surface area contributed by atoms with Crippen LogP contribution in [0, 0.1) is 11.7 Å². The Balaban J connectivity index is 1.59. The third-order valence-corrected chi connectivity index (χ3v) is 5.02. The van der Waals surface area contributed by atoms with E-state index in [0.29, 0.717) is 17.3 Å². The molecule has 1 N–H and O–H groups in total. The summed E-state index contributed by atoms with van der Waals surface area (Å²) in [6, 6.07) is 13.7. The number of anilines is 1. The quantitative estimate of drug-likeness (QED) is 0.667. The fourth-order valence-electron chi connectivity index (χ4n) is 2.30. The molecule has 1 amide bonds. The monoisotopic (exact) mass is 370 g/mol. The third kappa shape index (κ3) is 4.70. The van der Waals surface area contributed by atoms with E-state index in [4.69, 9.17) is 0 Å². The summed E-state index contributed by atoms with van der Waals surface area (Å²) < 4.78 is 14.6. The van der Waals surface area contributed by atoms with E-state index in [1.165, 1.54) is 23.9 Å². The van der Waals surface area contributed by atoms with Crippen LogP contribution in [0.3, 0.4) is 0 Å². The normalized spacial score (nSPS) is 12.0. The van der Waals surface area contributed by atoms with Crippen LogP contribution in [0.15, 0.2) is 59.8 Å². The van der Waals surface area contributed by atoms with Gasteiger partial charge in [-0.2, -0.15) is 5.10 Å². The van der Waals surface area contributed by atoms with Crippen LogP contribution in [0.1, 0.15) is 6.92 Å². The molecule has 1 atom stereocenters. The number of nitrogens with zero attached hydrogens (tertiary/aromatic N) is 3. The summed E-state index contributed by atoms with van der Waals surface area (Å²) in [5, 5.41) is 7.20. The van der Waals surface area contributed by atoms with Crippen molar-refractivity contribution in [3.05, 3.63) is 60.7 Å². The largest absolute Gasteiger partial charge is 0.326 e. The van der Waals surface area contributed by atoms with Gasteiger partial charge in [-0.25, -0.2) is 9.37 Å². The van der Waals surface area contributed by atoms with E-state index in [9.17, 15) is 9.18 Å². The number of aryl methyl sites for hydroxylation is 1. The topological polar surface area (TPSA) is 59.8 Å². The Bertz CT molecular complexity index is 895. The van der Waals surface area contributed by atoms with Crippen LogP contribution >= 0.6 is 11.8 Å². The second-order valence-corrected chi connectivity index (χ2v) is 7.07. The predicted molar refractivity (Wildman–Crippen MR) is 101 cm³/mol. The molecule has 0 fully saturated rings. The molecule has 0 spiro atoms. The molecular formula is C19H19FN4OS. The highest BCUT2D eigenvalue weighted by Gasteiger charge is 2.14. The summed E-state index contributed by atoms with van der Waals surface area (Å²) in [5.74, 6) is 0.706. The van der Waals surface area contributed by atoms with Gasteiger partial charge in [0, 0.05) is 34.9 Å². The van der Waals surface area contributed by atoms with Crippen molar-refractivity contribution in [3.8, 4) is 11.4 Å². The van der Waals surface area contributed by atoms with Gasteiger partial charge in [0.15, 0.2) is 5.82 Å². The van der Waals surface area contributed by atoms with Gasteiger partial charge in [-0.3, -0.25) is 9.48 Å². The average Bonchev–Trinajstić information content (AvgIpc) is 3.07. The zero-order valence-electron chi connectivity index (χ0n) is 14.5. The number of halogens is 1. The van der Waals surface area contributed by atoms with E-state index >= 15 is 0 Å². The van der Waals surface area contributed by atoms with Crippen molar-refractivity contribution in [2.24, 2.45) is 13.0 Å². The standard InChI is InChI=1S/C19H19FN4OS/c1-13(11-26-17-8-6-15(20)7-9-17)19(25)22-16-5-3-4-14(10-16)18-21-12-24(2)23-18/h3-10,12-13H,11H2,1-2H3,(H,22,25). The molecule has 1 unspecified atom stereocenters. The number of benzene rings is 2. The van der Waals surface area contributed by atoms with E-state index in [1.807, 2.05) is 38.2 Å². The summed E-state index contributed by atoms with van der Waals surface area (Å²) in [4.78, 5) is 17.6. The first-order valence-corrected chi connectivity index (χ1v) is 9.15. The van der Waals surface area contributed by atoms with Crippen molar-refractivity contribution in [1.82, 2.24) is 14.8 Å². The molecule has 0 aliphatic carbocycles. The lowest BCUT2D eigenvalue weighted by atomic mass is 10.1. The molecule has 7 heteroatoms. The molecule has 1 heterocycles. The number of hydrogen-bond acceptors (Lipinski definition) is 4. The zero-order chi connectivity index (χ0) is 18.5. The highest BCUT2D eigenvalue weighted by Crippen LogP contribution is 2.23. The van der Waals surface area contributed by atoms with E-state index in [1.54, 1.807) is 23.1 Å². The van der Waals surface area contributed by atoms with Crippen LogP contribution in [-0.2, 0) is 11.8 Å². The first kappa shape index (κ1) is 18.1. The second-order valence-electron chi connectivity index (χ2n) is 5.98. The fourth-order valence-corrected chi connectivity index (χ4v) is 3.22. The molecule has 1 aromatic heterocycles. The van der Waals surface area contributed by atoms with Gasteiger partial charge >= 0.3 is 0 Å². The van der Waals surface area contributed by atoms with E-state index < -0.39 is 0 Å². The Kier molecular flexibility index (Phi) is 5.68. The molecule has 0 aliphatic rings. The molecule has 134 valence electrons. The van der Waals surface area contributed by atoms with Crippen LogP contribution in [0.4, 0.5) is 10.1 Å². The molecule has 0 aliphatic heterocycles. The van der Waals surface area contributed by atoms with Crippen LogP contribution in [0.25, 0.3) is 11.4 Å². The Morgan fingerprint density at radius 3 is 2.73 bits per heavy atom. The first-order valence-electron chi connectivity index (χ1n) is 8.16. The van der Waals surface area contributed by atoms with Gasteiger partial charge in [0.2, 0.25) is 5.91 Å². The number of amides is 1. The number of thioether (sulfide) groups is 1. The van der Waals surface area contributed by atoms with Gasteiger partial charge in [0.1, 0.15) is 12.1 Å². The summed E-state index contributed by atoms with van der Waals surface area (Å²) in [7, 11) is 1.81. The molecule has 26 heavy (non-hydrogen) atoms. The maximum absolute atomic E-state index is 12.9. The van der Waals surface area contributed by atoms with E-state index in [-0.39, 0.29) is 17.6 Å². The van der Waals surface area contributed by atoms with Gasteiger partial charge in [0.05, 0.1) is 0 Å². The number of aromatic nitrogens is 3. The van der Waals surface area contributed by atoms with Gasteiger partial charge in [-0.05, 0) is 36.4 Å². The Labute approximate surface area is 155 Å².